The van der Waals surface area contributed by atoms with Gasteiger partial charge in [0.05, 0.1) is 5.92 Å². The topological polar surface area (TPSA) is 135 Å². The molecule has 1 aromatic heterocycles. The Morgan fingerprint density at radius 2 is 1.74 bits per heavy atom. The molecule has 0 aliphatic carbocycles. The zero-order valence-corrected chi connectivity index (χ0v) is 30.0. The van der Waals surface area contributed by atoms with Gasteiger partial charge in [0.1, 0.15) is 17.6 Å². The highest BCUT2D eigenvalue weighted by molar-refractivity contribution is 7.13. The van der Waals surface area contributed by atoms with Gasteiger partial charge in [-0.1, -0.05) is 48.5 Å². The first-order valence-corrected chi connectivity index (χ1v) is 18.7. The smallest absolute Gasteiger partial charge is 0.255 e. The number of carbonyl (C=O) groups is 4. The number of aromatic nitrogens is 1. The van der Waals surface area contributed by atoms with E-state index >= 15 is 0 Å². The zero-order chi connectivity index (χ0) is 37.3. The Bertz CT molecular complexity index is 2240. The van der Waals surface area contributed by atoms with Gasteiger partial charge in [-0.2, -0.15) is 0 Å². The summed E-state index contributed by atoms with van der Waals surface area (Å²) in [5.41, 5.74) is 6.11. The van der Waals surface area contributed by atoms with Crippen molar-refractivity contribution in [2.75, 3.05) is 36.4 Å². The lowest BCUT2D eigenvalue weighted by molar-refractivity contribution is -0.134. The number of benzene rings is 4. The molecule has 0 bridgehead atoms. The summed E-state index contributed by atoms with van der Waals surface area (Å²) in [5.74, 6) is -2.68. The Hall–Kier alpha value is -5.92. The highest BCUT2D eigenvalue weighted by Crippen LogP contribution is 2.38. The fraction of sp³-hybridized carbons (Fsp3) is 0.244. The van der Waals surface area contributed by atoms with E-state index in [-0.39, 0.29) is 35.6 Å². The Morgan fingerprint density at radius 3 is 2.50 bits per heavy atom. The Balaban J connectivity index is 0.937. The van der Waals surface area contributed by atoms with E-state index in [0.717, 1.165) is 78.4 Å². The number of amides is 4. The number of anilines is 2. The van der Waals surface area contributed by atoms with Crippen LogP contribution in [0.4, 0.5) is 15.2 Å². The van der Waals surface area contributed by atoms with Crippen LogP contribution in [0.3, 0.4) is 0 Å². The molecule has 3 aliphatic rings. The fourth-order valence-corrected chi connectivity index (χ4v) is 8.18. The maximum absolute atomic E-state index is 14.4. The summed E-state index contributed by atoms with van der Waals surface area (Å²) in [6, 6.07) is 23.9. The van der Waals surface area contributed by atoms with Crippen LogP contribution in [0.5, 0.6) is 5.75 Å². The molecule has 4 heterocycles. The van der Waals surface area contributed by atoms with Gasteiger partial charge in [0.2, 0.25) is 11.8 Å². The van der Waals surface area contributed by atoms with Crippen LogP contribution in [0.25, 0.3) is 11.1 Å². The van der Waals surface area contributed by atoms with Crippen molar-refractivity contribution in [1.29, 1.82) is 0 Å². The minimum absolute atomic E-state index is 0.0149. The zero-order valence-electron chi connectivity index (χ0n) is 29.2. The van der Waals surface area contributed by atoms with Gasteiger partial charge in [-0.25, -0.2) is 9.37 Å². The number of aromatic hydroxyl groups is 1. The van der Waals surface area contributed by atoms with Crippen LogP contribution in [0.1, 0.15) is 57.4 Å². The van der Waals surface area contributed by atoms with Crippen molar-refractivity contribution in [2.45, 2.75) is 37.9 Å². The van der Waals surface area contributed by atoms with Crippen molar-refractivity contribution >= 4 is 45.8 Å². The number of fused-ring (bicyclic) bond motifs is 1. The number of nitrogens with one attached hydrogen (secondary N) is 2. The average Bonchev–Trinajstić information content (AvgIpc) is 3.81. The highest BCUT2D eigenvalue weighted by Gasteiger charge is 2.39. The lowest BCUT2D eigenvalue weighted by atomic mass is 9.87. The summed E-state index contributed by atoms with van der Waals surface area (Å²) < 4.78 is 14.4. The molecule has 11 nitrogen and oxygen atoms in total. The standard InChI is InChI=1S/C41H37FN6O5S/c42-29-9-13-35(49)34(22-29)37(39(52)45-41-43-15-20-54-41)48-24-28-6-5-26(21-33(28)40(48)53)25-7-10-30(11-8-25)47-18-16-46(17-19-47)23-27-3-1-2-4-31(27)32-12-14-36(50)44-38(32)51/h1-11,13,15,20-22,32,37,49H,12,14,16-19,23-24H2,(H,43,45,52)(H,44,50,51). The molecule has 4 amide bonds. The van der Waals surface area contributed by atoms with Crippen LogP contribution in [0.2, 0.25) is 0 Å². The molecule has 2 atom stereocenters. The molecule has 2 saturated heterocycles. The maximum atomic E-state index is 14.4. The summed E-state index contributed by atoms with van der Waals surface area (Å²) in [5, 5.41) is 17.9. The van der Waals surface area contributed by atoms with Gasteiger partial charge in [-0.3, -0.25) is 34.7 Å². The van der Waals surface area contributed by atoms with E-state index in [1.807, 2.05) is 48.5 Å². The number of thiazole rings is 1. The molecule has 4 aromatic carbocycles. The van der Waals surface area contributed by atoms with Crippen molar-refractivity contribution in [2.24, 2.45) is 0 Å². The molecular formula is C41H37FN6O5S. The fourth-order valence-electron chi connectivity index (χ4n) is 7.64. The van der Waals surface area contributed by atoms with Crippen molar-refractivity contribution < 1.29 is 28.7 Å². The number of piperidine rings is 1. The normalized spacial score (nSPS) is 18.0. The second-order valence-corrected chi connectivity index (χ2v) is 14.6. The van der Waals surface area contributed by atoms with E-state index in [4.69, 9.17) is 0 Å². The number of carbonyl (C=O) groups excluding carboxylic acids is 4. The Kier molecular flexibility index (Phi) is 9.65. The Morgan fingerprint density at radius 1 is 0.963 bits per heavy atom. The van der Waals surface area contributed by atoms with Crippen molar-refractivity contribution in [3.8, 4) is 16.9 Å². The molecule has 54 heavy (non-hydrogen) atoms. The molecule has 2 unspecified atom stereocenters. The summed E-state index contributed by atoms with van der Waals surface area (Å²) in [7, 11) is 0. The molecule has 3 N–H and O–H groups in total. The second kappa shape index (κ2) is 14.8. The van der Waals surface area contributed by atoms with Gasteiger partial charge in [-0.15, -0.1) is 11.3 Å². The Labute approximate surface area is 315 Å². The molecular weight excluding hydrogens is 708 g/mol. The molecule has 3 aliphatic heterocycles. The van der Waals surface area contributed by atoms with Gasteiger partial charge in [-0.05, 0) is 70.6 Å². The first-order valence-electron chi connectivity index (χ1n) is 17.8. The summed E-state index contributed by atoms with van der Waals surface area (Å²) in [4.78, 5) is 62.0. The number of phenols is 1. The van der Waals surface area contributed by atoms with E-state index in [2.05, 4.69) is 43.6 Å². The predicted molar refractivity (Wildman–Crippen MR) is 202 cm³/mol. The first kappa shape index (κ1) is 35.1. The van der Waals surface area contributed by atoms with Crippen LogP contribution in [0.15, 0.2) is 96.5 Å². The number of rotatable bonds is 9. The SMILES string of the molecule is O=C1CCC(c2ccccc2CN2CCN(c3ccc(-c4ccc5c(c4)C(=O)N(C(C(=O)Nc4nccs4)c4cc(F)ccc4O)C5)cc3)CC2)C(=O)N1. The van der Waals surface area contributed by atoms with Crippen LogP contribution in [-0.4, -0.2) is 69.7 Å². The third-order valence-corrected chi connectivity index (χ3v) is 11.1. The molecule has 0 spiro atoms. The molecule has 2 fully saturated rings. The molecule has 8 rings (SSSR count). The number of piperazine rings is 1. The van der Waals surface area contributed by atoms with E-state index in [1.54, 1.807) is 5.38 Å². The lowest BCUT2D eigenvalue weighted by Crippen LogP contribution is -2.46. The van der Waals surface area contributed by atoms with E-state index in [0.29, 0.717) is 23.5 Å². The maximum Gasteiger partial charge on any atom is 0.255 e. The molecule has 274 valence electrons. The molecule has 0 radical (unpaired) electrons. The largest absolute Gasteiger partial charge is 0.508 e. The van der Waals surface area contributed by atoms with E-state index in [9.17, 15) is 28.7 Å². The van der Waals surface area contributed by atoms with Gasteiger partial charge < -0.3 is 14.9 Å². The van der Waals surface area contributed by atoms with Gasteiger partial charge in [0.25, 0.3) is 11.8 Å². The predicted octanol–water partition coefficient (Wildman–Crippen LogP) is 5.83. The third-order valence-electron chi connectivity index (χ3n) is 10.5. The number of halogens is 1. The number of imide groups is 1. The number of phenolic OH excluding ortho intramolecular Hbond substituents is 1. The van der Waals surface area contributed by atoms with Crippen LogP contribution in [-0.2, 0) is 27.5 Å². The highest BCUT2D eigenvalue weighted by atomic mass is 32.1. The lowest BCUT2D eigenvalue weighted by Gasteiger charge is -2.36. The minimum atomic E-state index is -1.30. The third kappa shape index (κ3) is 7.07. The molecule has 5 aromatic rings. The number of hydrogen-bond donors (Lipinski definition) is 3. The second-order valence-electron chi connectivity index (χ2n) is 13.7. The van der Waals surface area contributed by atoms with Crippen molar-refractivity contribution in [3.05, 3.63) is 130 Å². The van der Waals surface area contributed by atoms with Gasteiger partial charge in [0, 0.05) is 74.1 Å². The van der Waals surface area contributed by atoms with Gasteiger partial charge >= 0.3 is 0 Å². The first-order chi connectivity index (χ1) is 26.2. The minimum Gasteiger partial charge on any atom is -0.508 e. The van der Waals surface area contributed by atoms with Crippen molar-refractivity contribution in [1.82, 2.24) is 20.1 Å². The summed E-state index contributed by atoms with van der Waals surface area (Å²) >= 11 is 1.21. The summed E-state index contributed by atoms with van der Waals surface area (Å²) in [6.07, 6.45) is 2.42. The summed E-state index contributed by atoms with van der Waals surface area (Å²) in [6.45, 7) is 4.21. The molecule has 0 saturated carbocycles. The number of nitrogens with zero attached hydrogens (tertiary/aromatic N) is 4. The van der Waals surface area contributed by atoms with E-state index in [1.165, 1.54) is 28.5 Å². The van der Waals surface area contributed by atoms with Crippen LogP contribution >= 0.6 is 11.3 Å². The quantitative estimate of drug-likeness (QED) is 0.161. The monoisotopic (exact) mass is 744 g/mol. The number of hydrogen-bond acceptors (Lipinski definition) is 9. The van der Waals surface area contributed by atoms with Gasteiger partial charge in [0.15, 0.2) is 5.13 Å². The van der Waals surface area contributed by atoms with E-state index < -0.39 is 23.7 Å². The van der Waals surface area contributed by atoms with Crippen LogP contribution in [0, 0.1) is 5.82 Å². The average molecular weight is 745 g/mol. The molecule has 13 heteroatoms. The van der Waals surface area contributed by atoms with Crippen LogP contribution < -0.4 is 15.5 Å². The van der Waals surface area contributed by atoms with Crippen molar-refractivity contribution in [3.63, 3.8) is 0 Å².